The maximum absolute atomic E-state index is 12.9. The molecule has 3 N–H and O–H groups in total. The summed E-state index contributed by atoms with van der Waals surface area (Å²) < 4.78 is 0. The molecular formula is C21H19ClO4. The summed E-state index contributed by atoms with van der Waals surface area (Å²) in [5.74, 6) is -1.21. The molecule has 0 aromatic heterocycles. The quantitative estimate of drug-likeness (QED) is 0.528. The number of phenolic OH excluding ortho intramolecular Hbond substituents is 3. The SMILES string of the molecule is O=C(CC(c1ccc(O)cc1)C1(Cl)C=CC=CC1)c1c(O)cccc1O. The van der Waals surface area contributed by atoms with E-state index in [1.807, 2.05) is 24.3 Å². The van der Waals surface area contributed by atoms with Crippen LogP contribution in [0.3, 0.4) is 0 Å². The molecule has 0 bridgehead atoms. The number of alkyl halides is 1. The van der Waals surface area contributed by atoms with Crippen molar-refractivity contribution in [1.82, 2.24) is 0 Å². The van der Waals surface area contributed by atoms with Crippen molar-refractivity contribution in [1.29, 1.82) is 0 Å². The Morgan fingerprint density at radius 1 is 1.04 bits per heavy atom. The van der Waals surface area contributed by atoms with Crippen LogP contribution in [0.25, 0.3) is 0 Å². The smallest absolute Gasteiger partial charge is 0.171 e. The molecule has 0 saturated heterocycles. The lowest BCUT2D eigenvalue weighted by Gasteiger charge is -2.33. The number of allylic oxidation sites excluding steroid dienone is 4. The zero-order chi connectivity index (χ0) is 18.7. The first kappa shape index (κ1) is 18.1. The summed E-state index contributed by atoms with van der Waals surface area (Å²) >= 11 is 6.85. The maximum atomic E-state index is 12.9. The Kier molecular flexibility index (Phi) is 5.05. The van der Waals surface area contributed by atoms with Gasteiger partial charge < -0.3 is 15.3 Å². The van der Waals surface area contributed by atoms with Crippen LogP contribution in [0, 0.1) is 0 Å². The molecule has 0 amide bonds. The number of phenols is 3. The van der Waals surface area contributed by atoms with Gasteiger partial charge in [-0.15, -0.1) is 11.6 Å². The summed E-state index contributed by atoms with van der Waals surface area (Å²) in [6, 6.07) is 10.8. The topological polar surface area (TPSA) is 77.8 Å². The summed E-state index contributed by atoms with van der Waals surface area (Å²) in [7, 11) is 0. The average molecular weight is 371 g/mol. The molecule has 2 atom stereocenters. The molecular weight excluding hydrogens is 352 g/mol. The number of hydrogen-bond acceptors (Lipinski definition) is 4. The summed E-state index contributed by atoms with van der Waals surface area (Å²) in [4.78, 5) is 12.0. The highest BCUT2D eigenvalue weighted by Crippen LogP contribution is 2.44. The Labute approximate surface area is 156 Å². The minimum atomic E-state index is -0.818. The van der Waals surface area contributed by atoms with Crippen LogP contribution in [0.15, 0.2) is 66.8 Å². The lowest BCUT2D eigenvalue weighted by atomic mass is 9.77. The van der Waals surface area contributed by atoms with Crippen LogP contribution >= 0.6 is 11.6 Å². The van der Waals surface area contributed by atoms with Crippen LogP contribution < -0.4 is 0 Å². The molecule has 2 unspecified atom stereocenters. The molecule has 0 radical (unpaired) electrons. The van der Waals surface area contributed by atoms with Gasteiger partial charge in [0.2, 0.25) is 0 Å². The zero-order valence-corrected chi connectivity index (χ0v) is 14.7. The predicted octanol–water partition coefficient (Wildman–Crippen LogP) is 4.65. The molecule has 3 rings (SSSR count). The Bertz CT molecular complexity index is 850. The molecule has 0 spiro atoms. The average Bonchev–Trinajstić information content (AvgIpc) is 2.61. The monoisotopic (exact) mass is 370 g/mol. The fraction of sp³-hybridized carbons (Fsp3) is 0.190. The van der Waals surface area contributed by atoms with Crippen molar-refractivity contribution in [2.24, 2.45) is 0 Å². The second-order valence-electron chi connectivity index (χ2n) is 6.36. The Hall–Kier alpha value is -2.72. The summed E-state index contributed by atoms with van der Waals surface area (Å²) in [6.45, 7) is 0. The molecule has 134 valence electrons. The van der Waals surface area contributed by atoms with Crippen molar-refractivity contribution in [2.45, 2.75) is 23.6 Å². The van der Waals surface area contributed by atoms with Gasteiger partial charge in [-0.25, -0.2) is 0 Å². The number of rotatable bonds is 5. The largest absolute Gasteiger partial charge is 0.508 e. The third-order valence-electron chi connectivity index (χ3n) is 4.61. The highest BCUT2D eigenvalue weighted by Gasteiger charge is 2.37. The number of halogens is 1. The Morgan fingerprint density at radius 2 is 1.69 bits per heavy atom. The highest BCUT2D eigenvalue weighted by molar-refractivity contribution is 6.26. The molecule has 0 heterocycles. The third kappa shape index (κ3) is 3.60. The third-order valence-corrected chi connectivity index (χ3v) is 5.16. The van der Waals surface area contributed by atoms with Gasteiger partial charge in [0.1, 0.15) is 22.8 Å². The van der Waals surface area contributed by atoms with Crippen LogP contribution in [0.5, 0.6) is 17.2 Å². The van der Waals surface area contributed by atoms with E-state index in [1.165, 1.54) is 18.2 Å². The minimum Gasteiger partial charge on any atom is -0.508 e. The number of aromatic hydroxyl groups is 3. The van der Waals surface area contributed by atoms with E-state index >= 15 is 0 Å². The second kappa shape index (κ2) is 7.26. The van der Waals surface area contributed by atoms with E-state index in [0.717, 1.165) is 5.56 Å². The molecule has 4 nitrogen and oxygen atoms in total. The van der Waals surface area contributed by atoms with Crippen molar-refractivity contribution in [3.05, 3.63) is 77.9 Å². The molecule has 2 aromatic rings. The van der Waals surface area contributed by atoms with Gasteiger partial charge in [-0.2, -0.15) is 0 Å². The molecule has 1 aliphatic rings. The van der Waals surface area contributed by atoms with Crippen LogP contribution in [0.4, 0.5) is 0 Å². The molecule has 1 aliphatic carbocycles. The lowest BCUT2D eigenvalue weighted by molar-refractivity contribution is 0.0964. The van der Waals surface area contributed by atoms with E-state index in [0.29, 0.717) is 6.42 Å². The Balaban J connectivity index is 1.98. The fourth-order valence-corrected chi connectivity index (χ4v) is 3.61. The second-order valence-corrected chi connectivity index (χ2v) is 7.06. The Morgan fingerprint density at radius 3 is 2.27 bits per heavy atom. The van der Waals surface area contributed by atoms with Crippen molar-refractivity contribution in [3.8, 4) is 17.2 Å². The van der Waals surface area contributed by atoms with E-state index < -0.39 is 16.6 Å². The number of benzene rings is 2. The van der Waals surface area contributed by atoms with E-state index in [-0.39, 0.29) is 29.2 Å². The van der Waals surface area contributed by atoms with E-state index in [4.69, 9.17) is 11.6 Å². The maximum Gasteiger partial charge on any atom is 0.171 e. The van der Waals surface area contributed by atoms with Crippen LogP contribution in [-0.4, -0.2) is 26.0 Å². The van der Waals surface area contributed by atoms with Gasteiger partial charge in [0, 0.05) is 12.3 Å². The molecule has 0 fully saturated rings. The molecule has 2 aromatic carbocycles. The normalized spacial score (nSPS) is 20.0. The summed E-state index contributed by atoms with van der Waals surface area (Å²) in [5.41, 5.74) is 0.688. The van der Waals surface area contributed by atoms with Gasteiger partial charge in [0.25, 0.3) is 0 Å². The molecule has 26 heavy (non-hydrogen) atoms. The van der Waals surface area contributed by atoms with Gasteiger partial charge in [0.05, 0.1) is 4.87 Å². The summed E-state index contributed by atoms with van der Waals surface area (Å²) in [5, 5.41) is 29.5. The van der Waals surface area contributed by atoms with Crippen molar-refractivity contribution < 1.29 is 20.1 Å². The predicted molar refractivity (Wildman–Crippen MR) is 101 cm³/mol. The zero-order valence-electron chi connectivity index (χ0n) is 14.0. The first-order valence-corrected chi connectivity index (χ1v) is 8.65. The van der Waals surface area contributed by atoms with Crippen molar-refractivity contribution in [3.63, 3.8) is 0 Å². The highest BCUT2D eigenvalue weighted by atomic mass is 35.5. The van der Waals surface area contributed by atoms with E-state index in [2.05, 4.69) is 0 Å². The van der Waals surface area contributed by atoms with Crippen LogP contribution in [0.1, 0.15) is 34.7 Å². The van der Waals surface area contributed by atoms with Gasteiger partial charge in [-0.1, -0.05) is 42.5 Å². The van der Waals surface area contributed by atoms with Gasteiger partial charge in [0.15, 0.2) is 5.78 Å². The first-order chi connectivity index (χ1) is 12.4. The van der Waals surface area contributed by atoms with E-state index in [9.17, 15) is 20.1 Å². The minimum absolute atomic E-state index is 0.00239. The number of carbonyl (C=O) groups is 1. The number of ketones is 1. The van der Waals surface area contributed by atoms with Crippen molar-refractivity contribution >= 4 is 17.4 Å². The van der Waals surface area contributed by atoms with Crippen LogP contribution in [-0.2, 0) is 0 Å². The molecule has 5 heteroatoms. The van der Waals surface area contributed by atoms with Crippen molar-refractivity contribution in [2.75, 3.05) is 0 Å². The first-order valence-electron chi connectivity index (χ1n) is 8.27. The number of carbonyl (C=O) groups excluding carboxylic acids is 1. The summed E-state index contributed by atoms with van der Waals surface area (Å²) in [6.07, 6.45) is 8.05. The number of hydrogen-bond donors (Lipinski definition) is 3. The van der Waals surface area contributed by atoms with Gasteiger partial charge >= 0.3 is 0 Å². The fourth-order valence-electron chi connectivity index (χ4n) is 3.24. The van der Waals surface area contributed by atoms with Gasteiger partial charge in [-0.3, -0.25) is 4.79 Å². The van der Waals surface area contributed by atoms with E-state index in [1.54, 1.807) is 24.3 Å². The van der Waals surface area contributed by atoms with Gasteiger partial charge in [-0.05, 0) is 36.2 Å². The molecule has 0 saturated carbocycles. The van der Waals surface area contributed by atoms with Crippen LogP contribution in [0.2, 0.25) is 0 Å². The standard InChI is InChI=1S/C21H19ClO4/c22-21(11-2-1-3-12-21)16(14-7-9-15(23)10-8-14)13-19(26)20-17(24)5-4-6-18(20)25/h1-11,16,23-25H,12-13H2. The number of Topliss-reactive ketones (excluding diaryl/α,β-unsaturated/α-hetero) is 1. The molecule has 0 aliphatic heterocycles. The lowest BCUT2D eigenvalue weighted by Crippen LogP contribution is -2.30.